The summed E-state index contributed by atoms with van der Waals surface area (Å²) in [5.74, 6) is 1.42. The number of fused-ring (bicyclic) bond motifs is 1. The van der Waals surface area contributed by atoms with E-state index in [9.17, 15) is 4.79 Å². The number of hydrogen-bond acceptors (Lipinski definition) is 3. The van der Waals surface area contributed by atoms with Crippen molar-refractivity contribution in [2.45, 2.75) is 44.3 Å². The van der Waals surface area contributed by atoms with Crippen LogP contribution in [0.4, 0.5) is 0 Å². The molecule has 0 saturated carbocycles. The number of amides is 1. The summed E-state index contributed by atoms with van der Waals surface area (Å²) in [4.78, 5) is 17.1. The number of carbonyl (C=O) groups excluding carboxylic acids is 1. The first kappa shape index (κ1) is 18.1. The van der Waals surface area contributed by atoms with Gasteiger partial charge in [0.1, 0.15) is 5.75 Å². The van der Waals surface area contributed by atoms with Gasteiger partial charge in [0.25, 0.3) is 0 Å². The maximum absolute atomic E-state index is 12.4. The fraction of sp³-hybridized carbons (Fsp3) is 0.435. The molecule has 1 amide bonds. The van der Waals surface area contributed by atoms with E-state index < -0.39 is 0 Å². The number of methoxy groups -OCH3 is 1. The number of carbonyl (C=O) groups is 1. The second-order valence-corrected chi connectivity index (χ2v) is 7.71. The lowest BCUT2D eigenvalue weighted by molar-refractivity contribution is -0.133. The van der Waals surface area contributed by atoms with Gasteiger partial charge in [-0.3, -0.25) is 9.69 Å². The molecule has 4 rings (SSSR count). The first-order valence-corrected chi connectivity index (χ1v) is 9.86. The van der Waals surface area contributed by atoms with Crippen LogP contribution >= 0.6 is 0 Å². The molecule has 0 unspecified atom stereocenters. The summed E-state index contributed by atoms with van der Waals surface area (Å²) in [5, 5.41) is 0. The van der Waals surface area contributed by atoms with Crippen molar-refractivity contribution in [1.29, 1.82) is 0 Å². The molecular formula is C23H28N2O2. The van der Waals surface area contributed by atoms with Crippen LogP contribution in [0.2, 0.25) is 0 Å². The van der Waals surface area contributed by atoms with Crippen molar-refractivity contribution in [3.05, 3.63) is 65.7 Å². The summed E-state index contributed by atoms with van der Waals surface area (Å²) in [6.45, 7) is 4.52. The predicted octanol–water partition coefficient (Wildman–Crippen LogP) is 3.67. The summed E-state index contributed by atoms with van der Waals surface area (Å²) in [5.41, 5.74) is 2.64. The van der Waals surface area contributed by atoms with Crippen molar-refractivity contribution in [3.63, 3.8) is 0 Å². The third-order valence-electron chi connectivity index (χ3n) is 6.14. The Balaban J connectivity index is 1.65. The summed E-state index contributed by atoms with van der Waals surface area (Å²) >= 11 is 0. The monoisotopic (exact) mass is 364 g/mol. The fourth-order valence-corrected chi connectivity index (χ4v) is 4.90. The Morgan fingerprint density at radius 3 is 2.52 bits per heavy atom. The summed E-state index contributed by atoms with van der Waals surface area (Å²) < 4.78 is 5.32. The van der Waals surface area contributed by atoms with E-state index in [0.29, 0.717) is 12.0 Å². The molecule has 2 saturated heterocycles. The quantitative estimate of drug-likeness (QED) is 0.830. The lowest BCUT2D eigenvalue weighted by atomic mass is 9.86. The van der Waals surface area contributed by atoms with Crippen molar-refractivity contribution in [3.8, 4) is 5.75 Å². The van der Waals surface area contributed by atoms with Crippen LogP contribution in [0.25, 0.3) is 0 Å². The minimum atomic E-state index is 0.199. The van der Waals surface area contributed by atoms with Crippen LogP contribution in [-0.2, 0) is 11.3 Å². The highest BCUT2D eigenvalue weighted by Crippen LogP contribution is 2.41. The van der Waals surface area contributed by atoms with Gasteiger partial charge in [-0.25, -0.2) is 0 Å². The maximum atomic E-state index is 12.4. The van der Waals surface area contributed by atoms with Gasteiger partial charge in [-0.1, -0.05) is 42.5 Å². The van der Waals surface area contributed by atoms with E-state index in [4.69, 9.17) is 4.74 Å². The van der Waals surface area contributed by atoms with Gasteiger partial charge in [0.2, 0.25) is 5.91 Å². The van der Waals surface area contributed by atoms with Crippen molar-refractivity contribution >= 4 is 5.91 Å². The summed E-state index contributed by atoms with van der Waals surface area (Å²) in [6, 6.07) is 19.7. The van der Waals surface area contributed by atoms with E-state index in [2.05, 4.69) is 52.3 Å². The van der Waals surface area contributed by atoms with Crippen LogP contribution in [0.3, 0.4) is 0 Å². The van der Waals surface area contributed by atoms with Gasteiger partial charge >= 0.3 is 0 Å². The Morgan fingerprint density at radius 2 is 1.85 bits per heavy atom. The molecule has 0 aromatic heterocycles. The molecule has 3 atom stereocenters. The van der Waals surface area contributed by atoms with Crippen molar-refractivity contribution in [2.24, 2.45) is 0 Å². The number of rotatable bonds is 4. The molecule has 2 aliphatic heterocycles. The molecule has 2 aliphatic rings. The van der Waals surface area contributed by atoms with Gasteiger partial charge in [0.05, 0.1) is 13.2 Å². The highest BCUT2D eigenvalue weighted by molar-refractivity contribution is 5.74. The van der Waals surface area contributed by atoms with Crippen LogP contribution in [0.5, 0.6) is 5.75 Å². The molecule has 0 radical (unpaired) electrons. The molecule has 2 fully saturated rings. The predicted molar refractivity (Wildman–Crippen MR) is 107 cm³/mol. The second kappa shape index (κ2) is 7.73. The molecule has 0 spiro atoms. The van der Waals surface area contributed by atoms with Gasteiger partial charge < -0.3 is 9.64 Å². The van der Waals surface area contributed by atoms with Crippen LogP contribution in [-0.4, -0.2) is 48.0 Å². The maximum Gasteiger partial charge on any atom is 0.219 e. The normalized spacial score (nSPS) is 25.3. The Bertz CT molecular complexity index is 775. The number of benzene rings is 2. The molecule has 142 valence electrons. The second-order valence-electron chi connectivity index (χ2n) is 7.71. The highest BCUT2D eigenvalue weighted by atomic mass is 16.5. The number of hydrogen-bond donors (Lipinski definition) is 0. The standard InChI is InChI=1S/C23H28N2O2/c1-17(26)25-14-6-9-22-23(25)21(19-10-12-20(27-2)13-11-19)16-24(22)15-18-7-4-3-5-8-18/h3-5,7-8,10-13,21-23H,6,9,14-16H2,1-2H3/t21-,22-,23-/m1/s1. The van der Waals surface area contributed by atoms with E-state index in [1.54, 1.807) is 14.0 Å². The Labute approximate surface area is 161 Å². The van der Waals surface area contributed by atoms with Crippen molar-refractivity contribution in [2.75, 3.05) is 20.2 Å². The Morgan fingerprint density at radius 1 is 1.11 bits per heavy atom. The lowest BCUT2D eigenvalue weighted by Crippen LogP contribution is -2.52. The SMILES string of the molecule is COc1ccc([C@H]2CN(Cc3ccccc3)[C@@H]3CCCN(C(C)=O)[C@H]23)cc1. The van der Waals surface area contributed by atoms with Gasteiger partial charge in [-0.15, -0.1) is 0 Å². The first-order chi connectivity index (χ1) is 13.2. The third kappa shape index (κ3) is 3.59. The third-order valence-corrected chi connectivity index (χ3v) is 6.14. The van der Waals surface area contributed by atoms with Crippen LogP contribution in [0, 0.1) is 0 Å². The van der Waals surface area contributed by atoms with Crippen LogP contribution in [0.15, 0.2) is 54.6 Å². The van der Waals surface area contributed by atoms with E-state index in [-0.39, 0.29) is 11.9 Å². The van der Waals surface area contributed by atoms with Gasteiger partial charge in [0, 0.05) is 38.5 Å². The molecule has 2 aromatic carbocycles. The number of likely N-dealkylation sites (tertiary alicyclic amines) is 2. The van der Waals surface area contributed by atoms with E-state index >= 15 is 0 Å². The smallest absolute Gasteiger partial charge is 0.219 e. The largest absolute Gasteiger partial charge is 0.497 e. The molecule has 2 aromatic rings. The van der Waals surface area contributed by atoms with Gasteiger partial charge in [0.15, 0.2) is 0 Å². The zero-order valence-electron chi connectivity index (χ0n) is 16.2. The molecule has 4 nitrogen and oxygen atoms in total. The average molecular weight is 364 g/mol. The van der Waals surface area contributed by atoms with E-state index in [1.807, 2.05) is 12.1 Å². The Hall–Kier alpha value is -2.33. The van der Waals surface area contributed by atoms with Crippen LogP contribution < -0.4 is 4.74 Å². The van der Waals surface area contributed by atoms with Crippen molar-refractivity contribution < 1.29 is 9.53 Å². The molecule has 4 heteroatoms. The van der Waals surface area contributed by atoms with Crippen molar-refractivity contribution in [1.82, 2.24) is 9.80 Å². The topological polar surface area (TPSA) is 32.8 Å². The zero-order valence-corrected chi connectivity index (χ0v) is 16.2. The number of nitrogens with zero attached hydrogens (tertiary/aromatic N) is 2. The van der Waals surface area contributed by atoms with E-state index in [0.717, 1.165) is 38.2 Å². The van der Waals surface area contributed by atoms with Crippen LogP contribution in [0.1, 0.15) is 36.8 Å². The van der Waals surface area contributed by atoms with Gasteiger partial charge in [-0.05, 0) is 36.1 Å². The van der Waals surface area contributed by atoms with Gasteiger partial charge in [-0.2, -0.15) is 0 Å². The first-order valence-electron chi connectivity index (χ1n) is 9.86. The van der Waals surface area contributed by atoms with E-state index in [1.165, 1.54) is 11.1 Å². The zero-order chi connectivity index (χ0) is 18.8. The Kier molecular flexibility index (Phi) is 5.17. The molecular weight excluding hydrogens is 336 g/mol. The molecule has 0 aliphatic carbocycles. The molecule has 0 bridgehead atoms. The highest BCUT2D eigenvalue weighted by Gasteiger charge is 2.47. The lowest BCUT2D eigenvalue weighted by Gasteiger charge is -2.41. The molecule has 0 N–H and O–H groups in total. The summed E-state index contributed by atoms with van der Waals surface area (Å²) in [7, 11) is 1.70. The molecule has 2 heterocycles. The fourth-order valence-electron chi connectivity index (χ4n) is 4.90. The molecule has 27 heavy (non-hydrogen) atoms. The summed E-state index contributed by atoms with van der Waals surface area (Å²) in [6.07, 6.45) is 2.25. The number of ether oxygens (including phenoxy) is 1. The average Bonchev–Trinajstić information content (AvgIpc) is 3.07. The minimum Gasteiger partial charge on any atom is -0.497 e. The minimum absolute atomic E-state index is 0.199. The number of piperidine rings is 1.